The molecule has 0 aliphatic rings. The van der Waals surface area contributed by atoms with Crippen molar-refractivity contribution in [1.29, 1.82) is 0 Å². The minimum Gasteiger partial charge on any atom is -0.327 e. The molecule has 0 spiro atoms. The van der Waals surface area contributed by atoms with Gasteiger partial charge in [-0.2, -0.15) is 0 Å². The van der Waals surface area contributed by atoms with Crippen molar-refractivity contribution in [3.8, 4) is 0 Å². The summed E-state index contributed by atoms with van der Waals surface area (Å²) in [7, 11) is 0. The van der Waals surface area contributed by atoms with Gasteiger partial charge in [-0.3, -0.25) is 4.79 Å². The first-order valence-corrected chi connectivity index (χ1v) is 6.94. The molecule has 0 bridgehead atoms. The molecule has 2 heteroatoms. The van der Waals surface area contributed by atoms with Gasteiger partial charge in [0.15, 0.2) is 0 Å². The maximum atomic E-state index is 12.1. The lowest BCUT2D eigenvalue weighted by Crippen LogP contribution is -2.24. The molecular formula is C17H21NO. The van der Waals surface area contributed by atoms with Gasteiger partial charge in [0.2, 0.25) is 0 Å². The standard InChI is InChI=1S/C17H21NO/c1-2-6-15(18)12-16(19)11-14-9-5-8-13-7-3-4-10-17(13)14/h3-5,7-10,15H,2,6,11-12,18H2,1H3. The average molecular weight is 255 g/mol. The van der Waals surface area contributed by atoms with E-state index in [1.807, 2.05) is 24.3 Å². The van der Waals surface area contributed by atoms with Gasteiger partial charge in [-0.05, 0) is 22.8 Å². The van der Waals surface area contributed by atoms with Gasteiger partial charge < -0.3 is 5.73 Å². The zero-order valence-electron chi connectivity index (χ0n) is 11.4. The molecule has 19 heavy (non-hydrogen) atoms. The van der Waals surface area contributed by atoms with E-state index in [2.05, 4.69) is 25.1 Å². The molecule has 100 valence electrons. The molecule has 0 radical (unpaired) electrons. The Balaban J connectivity index is 2.11. The van der Waals surface area contributed by atoms with Crippen molar-refractivity contribution in [1.82, 2.24) is 0 Å². The Bertz CT molecular complexity index is 557. The third-order valence-corrected chi connectivity index (χ3v) is 3.42. The summed E-state index contributed by atoms with van der Waals surface area (Å²) in [5.41, 5.74) is 7.03. The van der Waals surface area contributed by atoms with E-state index in [9.17, 15) is 4.79 Å². The van der Waals surface area contributed by atoms with Crippen LogP contribution in [0, 0.1) is 0 Å². The molecule has 2 N–H and O–H groups in total. The average Bonchev–Trinajstić information content (AvgIpc) is 2.39. The number of benzene rings is 2. The zero-order valence-corrected chi connectivity index (χ0v) is 11.4. The highest BCUT2D eigenvalue weighted by Crippen LogP contribution is 2.19. The third-order valence-electron chi connectivity index (χ3n) is 3.42. The summed E-state index contributed by atoms with van der Waals surface area (Å²) in [5.74, 6) is 0.234. The Labute approximate surface area is 114 Å². The van der Waals surface area contributed by atoms with Gasteiger partial charge in [-0.1, -0.05) is 55.8 Å². The van der Waals surface area contributed by atoms with Crippen molar-refractivity contribution < 1.29 is 4.79 Å². The largest absolute Gasteiger partial charge is 0.327 e. The number of hydrogen-bond acceptors (Lipinski definition) is 2. The van der Waals surface area contributed by atoms with E-state index in [1.54, 1.807) is 0 Å². The van der Waals surface area contributed by atoms with Gasteiger partial charge in [-0.15, -0.1) is 0 Å². The minimum atomic E-state index is 0.00692. The smallest absolute Gasteiger partial charge is 0.138 e. The Morgan fingerprint density at radius 2 is 1.89 bits per heavy atom. The number of hydrogen-bond donors (Lipinski definition) is 1. The van der Waals surface area contributed by atoms with Crippen molar-refractivity contribution >= 4 is 16.6 Å². The second-order valence-electron chi connectivity index (χ2n) is 5.11. The lowest BCUT2D eigenvalue weighted by atomic mass is 9.97. The van der Waals surface area contributed by atoms with Gasteiger partial charge in [0.05, 0.1) is 0 Å². The van der Waals surface area contributed by atoms with Gasteiger partial charge in [0.1, 0.15) is 5.78 Å². The molecule has 0 aliphatic carbocycles. The molecule has 1 atom stereocenters. The molecular weight excluding hydrogens is 234 g/mol. The Morgan fingerprint density at radius 3 is 2.68 bits per heavy atom. The summed E-state index contributed by atoms with van der Waals surface area (Å²) in [6.45, 7) is 2.09. The molecule has 2 nitrogen and oxygen atoms in total. The normalized spacial score (nSPS) is 12.5. The first kappa shape index (κ1) is 13.8. The number of rotatable bonds is 6. The van der Waals surface area contributed by atoms with Crippen molar-refractivity contribution in [2.45, 2.75) is 38.6 Å². The molecule has 0 aromatic heterocycles. The summed E-state index contributed by atoms with van der Waals surface area (Å²) >= 11 is 0. The highest BCUT2D eigenvalue weighted by Gasteiger charge is 2.11. The van der Waals surface area contributed by atoms with Crippen molar-refractivity contribution in [2.75, 3.05) is 0 Å². The van der Waals surface area contributed by atoms with E-state index >= 15 is 0 Å². The minimum absolute atomic E-state index is 0.00692. The fourth-order valence-electron chi connectivity index (χ4n) is 2.50. The Morgan fingerprint density at radius 1 is 1.16 bits per heavy atom. The highest BCUT2D eigenvalue weighted by molar-refractivity contribution is 5.91. The van der Waals surface area contributed by atoms with Crippen LogP contribution in [0.25, 0.3) is 10.8 Å². The monoisotopic (exact) mass is 255 g/mol. The molecule has 0 amide bonds. The van der Waals surface area contributed by atoms with Crippen molar-refractivity contribution in [3.63, 3.8) is 0 Å². The maximum absolute atomic E-state index is 12.1. The molecule has 0 heterocycles. The lowest BCUT2D eigenvalue weighted by molar-refractivity contribution is -0.118. The Hall–Kier alpha value is -1.67. The molecule has 0 fully saturated rings. The Kier molecular flexibility index (Phi) is 4.69. The maximum Gasteiger partial charge on any atom is 0.138 e. The van der Waals surface area contributed by atoms with Gasteiger partial charge in [-0.25, -0.2) is 0 Å². The second kappa shape index (κ2) is 6.48. The summed E-state index contributed by atoms with van der Waals surface area (Å²) in [4.78, 5) is 12.1. The van der Waals surface area contributed by atoms with E-state index in [-0.39, 0.29) is 11.8 Å². The number of carbonyl (C=O) groups excluding carboxylic acids is 1. The molecule has 0 saturated carbocycles. The first-order valence-electron chi connectivity index (χ1n) is 6.94. The van der Waals surface area contributed by atoms with Crippen LogP contribution in [0.3, 0.4) is 0 Å². The lowest BCUT2D eigenvalue weighted by Gasteiger charge is -2.10. The van der Waals surface area contributed by atoms with Crippen LogP contribution in [-0.2, 0) is 11.2 Å². The third kappa shape index (κ3) is 3.65. The van der Waals surface area contributed by atoms with Crippen LogP contribution in [0.1, 0.15) is 31.7 Å². The van der Waals surface area contributed by atoms with Gasteiger partial charge in [0, 0.05) is 18.9 Å². The van der Waals surface area contributed by atoms with Crippen molar-refractivity contribution in [2.24, 2.45) is 5.73 Å². The molecule has 2 aromatic rings. The molecule has 1 unspecified atom stereocenters. The predicted octanol–water partition coefficient (Wildman–Crippen LogP) is 3.47. The van der Waals surface area contributed by atoms with E-state index in [4.69, 9.17) is 5.73 Å². The number of nitrogens with two attached hydrogens (primary N) is 1. The number of fused-ring (bicyclic) bond motifs is 1. The fraction of sp³-hybridized carbons (Fsp3) is 0.353. The summed E-state index contributed by atoms with van der Waals surface area (Å²) in [5, 5.41) is 2.35. The van der Waals surface area contributed by atoms with Crippen molar-refractivity contribution in [3.05, 3.63) is 48.0 Å². The quantitative estimate of drug-likeness (QED) is 0.859. The van der Waals surface area contributed by atoms with Crippen LogP contribution < -0.4 is 5.73 Å². The fourth-order valence-corrected chi connectivity index (χ4v) is 2.50. The van der Waals surface area contributed by atoms with Crippen LogP contribution in [-0.4, -0.2) is 11.8 Å². The summed E-state index contributed by atoms with van der Waals surface area (Å²) in [6, 6.07) is 14.3. The number of ketones is 1. The van der Waals surface area contributed by atoms with Crippen LogP contribution in [0.5, 0.6) is 0 Å². The van der Waals surface area contributed by atoms with E-state index in [1.165, 1.54) is 10.8 Å². The second-order valence-corrected chi connectivity index (χ2v) is 5.11. The number of carbonyl (C=O) groups is 1. The van der Waals surface area contributed by atoms with Crippen LogP contribution in [0.2, 0.25) is 0 Å². The van der Waals surface area contributed by atoms with Crippen LogP contribution >= 0.6 is 0 Å². The predicted molar refractivity (Wildman–Crippen MR) is 80.2 cm³/mol. The van der Waals surface area contributed by atoms with Crippen LogP contribution in [0.4, 0.5) is 0 Å². The molecule has 0 aliphatic heterocycles. The molecule has 0 saturated heterocycles. The van der Waals surface area contributed by atoms with Crippen LogP contribution in [0.15, 0.2) is 42.5 Å². The summed E-state index contributed by atoms with van der Waals surface area (Å²) < 4.78 is 0. The molecule has 2 rings (SSSR count). The van der Waals surface area contributed by atoms with E-state index < -0.39 is 0 Å². The zero-order chi connectivity index (χ0) is 13.7. The van der Waals surface area contributed by atoms with Gasteiger partial charge in [0.25, 0.3) is 0 Å². The number of Topliss-reactive ketones (excluding diaryl/α,β-unsaturated/α-hetero) is 1. The highest BCUT2D eigenvalue weighted by atomic mass is 16.1. The SMILES string of the molecule is CCCC(N)CC(=O)Cc1cccc2ccccc12. The van der Waals surface area contributed by atoms with E-state index in [0.717, 1.165) is 18.4 Å². The first-order chi connectivity index (χ1) is 9.20. The van der Waals surface area contributed by atoms with E-state index in [0.29, 0.717) is 12.8 Å². The topological polar surface area (TPSA) is 43.1 Å². The van der Waals surface area contributed by atoms with Gasteiger partial charge >= 0.3 is 0 Å². The molecule has 2 aromatic carbocycles. The summed E-state index contributed by atoms with van der Waals surface area (Å²) in [6.07, 6.45) is 2.92.